The van der Waals surface area contributed by atoms with E-state index in [2.05, 4.69) is 20.9 Å². The topological polar surface area (TPSA) is 55.1 Å². The van der Waals surface area contributed by atoms with Crippen LogP contribution in [0.4, 0.5) is 0 Å². The number of hydrogen-bond donors (Lipinski definition) is 1. The second-order valence-electron chi connectivity index (χ2n) is 3.71. The summed E-state index contributed by atoms with van der Waals surface area (Å²) in [5, 5.41) is 9.19. The van der Waals surface area contributed by atoms with Crippen molar-refractivity contribution in [2.45, 2.75) is 13.5 Å². The molecule has 1 aromatic heterocycles. The molecule has 0 fully saturated rings. The third-order valence-electron chi connectivity index (χ3n) is 2.48. The van der Waals surface area contributed by atoms with E-state index in [9.17, 15) is 9.90 Å². The minimum absolute atomic E-state index is 0.106. The number of phenolic OH excluding ortho intramolecular Hbond substituents is 1. The number of halogens is 1. The Bertz CT molecular complexity index is 590. The lowest BCUT2D eigenvalue weighted by atomic mass is 10.2. The summed E-state index contributed by atoms with van der Waals surface area (Å²) in [4.78, 5) is 16.0. The lowest BCUT2D eigenvalue weighted by Crippen LogP contribution is -2.24. The van der Waals surface area contributed by atoms with Crippen molar-refractivity contribution in [2.24, 2.45) is 0 Å². The summed E-state index contributed by atoms with van der Waals surface area (Å²) in [7, 11) is 0. The number of hydrogen-bond acceptors (Lipinski definition) is 3. The zero-order valence-electron chi connectivity index (χ0n) is 9.22. The smallest absolute Gasteiger partial charge is 0.268 e. The maximum atomic E-state index is 11.9. The zero-order valence-corrected chi connectivity index (χ0v) is 10.8. The first-order valence-corrected chi connectivity index (χ1v) is 5.87. The molecule has 2 aromatic rings. The molecule has 0 saturated heterocycles. The second-order valence-corrected chi connectivity index (χ2v) is 4.57. The lowest BCUT2D eigenvalue weighted by Gasteiger charge is -2.09. The maximum Gasteiger partial charge on any atom is 0.268 e. The molecule has 0 bridgehead atoms. The predicted molar refractivity (Wildman–Crippen MR) is 68.1 cm³/mol. The first kappa shape index (κ1) is 11.9. The number of aromatic hydroxyl groups is 1. The van der Waals surface area contributed by atoms with Crippen LogP contribution in [0, 0.1) is 6.92 Å². The average molecular weight is 295 g/mol. The molecule has 0 spiro atoms. The van der Waals surface area contributed by atoms with Crippen LogP contribution in [0.1, 0.15) is 11.4 Å². The number of nitrogens with zero attached hydrogens (tertiary/aromatic N) is 2. The van der Waals surface area contributed by atoms with Crippen LogP contribution in [-0.2, 0) is 6.54 Å². The quantitative estimate of drug-likeness (QED) is 0.922. The highest BCUT2D eigenvalue weighted by atomic mass is 79.9. The summed E-state index contributed by atoms with van der Waals surface area (Å²) in [5.41, 5.74) is 0.832. The second kappa shape index (κ2) is 4.71. The molecular weight excluding hydrogens is 284 g/mol. The summed E-state index contributed by atoms with van der Waals surface area (Å²) < 4.78 is 2.03. The molecule has 0 atom stereocenters. The lowest BCUT2D eigenvalue weighted by molar-refractivity contribution is 0.475. The van der Waals surface area contributed by atoms with Crippen molar-refractivity contribution in [3.05, 3.63) is 56.7 Å². The Morgan fingerprint density at radius 3 is 2.65 bits per heavy atom. The number of rotatable bonds is 2. The van der Waals surface area contributed by atoms with Crippen LogP contribution in [0.2, 0.25) is 0 Å². The minimum atomic E-state index is -0.106. The van der Waals surface area contributed by atoms with Crippen molar-refractivity contribution in [1.29, 1.82) is 0 Å². The van der Waals surface area contributed by atoms with Gasteiger partial charge in [0.1, 0.15) is 16.0 Å². The van der Waals surface area contributed by atoms with Gasteiger partial charge in [-0.3, -0.25) is 9.36 Å². The Hall–Kier alpha value is -1.62. The summed E-state index contributed by atoms with van der Waals surface area (Å²) in [6, 6.07) is 6.76. The largest absolute Gasteiger partial charge is 0.508 e. The molecule has 88 valence electrons. The minimum Gasteiger partial charge on any atom is -0.508 e. The SMILES string of the molecule is Cc1ncc(Br)c(=O)n1Cc1ccc(O)cc1. The van der Waals surface area contributed by atoms with Gasteiger partial charge in [-0.25, -0.2) is 4.98 Å². The number of benzene rings is 1. The van der Waals surface area contributed by atoms with E-state index in [1.54, 1.807) is 35.8 Å². The monoisotopic (exact) mass is 294 g/mol. The fourth-order valence-corrected chi connectivity index (χ4v) is 1.84. The third-order valence-corrected chi connectivity index (χ3v) is 3.03. The van der Waals surface area contributed by atoms with Gasteiger partial charge in [0.15, 0.2) is 0 Å². The standard InChI is InChI=1S/C12H11BrN2O2/c1-8-14-6-11(13)12(17)15(8)7-9-2-4-10(16)5-3-9/h2-6,16H,7H2,1H3. The van der Waals surface area contributed by atoms with Crippen LogP contribution in [0.25, 0.3) is 0 Å². The van der Waals surface area contributed by atoms with Crippen molar-refractivity contribution in [3.8, 4) is 5.75 Å². The van der Waals surface area contributed by atoms with E-state index in [4.69, 9.17) is 0 Å². The van der Waals surface area contributed by atoms with Gasteiger partial charge in [0.25, 0.3) is 5.56 Å². The summed E-state index contributed by atoms with van der Waals surface area (Å²) >= 11 is 3.17. The summed E-state index contributed by atoms with van der Waals surface area (Å²) in [5.74, 6) is 0.872. The van der Waals surface area contributed by atoms with Crippen molar-refractivity contribution < 1.29 is 5.11 Å². The van der Waals surface area contributed by atoms with E-state index < -0.39 is 0 Å². The van der Waals surface area contributed by atoms with Crippen molar-refractivity contribution in [1.82, 2.24) is 9.55 Å². The molecule has 0 aliphatic carbocycles. The Kier molecular flexibility index (Phi) is 3.28. The van der Waals surface area contributed by atoms with Gasteiger partial charge in [-0.05, 0) is 40.5 Å². The zero-order chi connectivity index (χ0) is 12.4. The number of phenols is 1. The molecule has 0 unspecified atom stereocenters. The molecule has 2 rings (SSSR count). The van der Waals surface area contributed by atoms with Crippen molar-refractivity contribution >= 4 is 15.9 Å². The third kappa shape index (κ3) is 2.55. The van der Waals surface area contributed by atoms with Gasteiger partial charge in [-0.2, -0.15) is 0 Å². The first-order valence-electron chi connectivity index (χ1n) is 5.08. The fraction of sp³-hybridized carbons (Fsp3) is 0.167. The number of aromatic nitrogens is 2. The molecule has 0 radical (unpaired) electrons. The highest BCUT2D eigenvalue weighted by molar-refractivity contribution is 9.10. The van der Waals surface area contributed by atoms with Crippen LogP contribution in [0.15, 0.2) is 39.7 Å². The molecule has 0 aliphatic rings. The van der Waals surface area contributed by atoms with Gasteiger partial charge in [-0.1, -0.05) is 12.1 Å². The highest BCUT2D eigenvalue weighted by Crippen LogP contribution is 2.11. The molecule has 0 amide bonds. The molecule has 5 heteroatoms. The Balaban J connectivity index is 2.39. The molecular formula is C12H11BrN2O2. The van der Waals surface area contributed by atoms with Gasteiger partial charge in [0, 0.05) is 6.20 Å². The van der Waals surface area contributed by atoms with Gasteiger partial charge in [0.05, 0.1) is 6.54 Å². The summed E-state index contributed by atoms with van der Waals surface area (Å²) in [6.07, 6.45) is 1.50. The van der Waals surface area contributed by atoms with Gasteiger partial charge in [0.2, 0.25) is 0 Å². The van der Waals surface area contributed by atoms with E-state index >= 15 is 0 Å². The Morgan fingerprint density at radius 1 is 1.35 bits per heavy atom. The van der Waals surface area contributed by atoms with Crippen LogP contribution in [0.3, 0.4) is 0 Å². The molecule has 1 heterocycles. The van der Waals surface area contributed by atoms with Crippen molar-refractivity contribution in [3.63, 3.8) is 0 Å². The Labute approximate surface area is 107 Å². The Morgan fingerprint density at radius 2 is 2.00 bits per heavy atom. The summed E-state index contributed by atoms with van der Waals surface area (Å²) in [6.45, 7) is 2.23. The molecule has 17 heavy (non-hydrogen) atoms. The van der Waals surface area contributed by atoms with Crippen LogP contribution >= 0.6 is 15.9 Å². The molecule has 0 aliphatic heterocycles. The van der Waals surface area contributed by atoms with E-state index in [0.29, 0.717) is 16.8 Å². The van der Waals surface area contributed by atoms with Crippen LogP contribution in [-0.4, -0.2) is 14.7 Å². The van der Waals surface area contributed by atoms with Crippen LogP contribution < -0.4 is 5.56 Å². The fourth-order valence-electron chi connectivity index (χ4n) is 1.52. The van der Waals surface area contributed by atoms with Crippen molar-refractivity contribution in [2.75, 3.05) is 0 Å². The predicted octanol–water partition coefficient (Wildman–Crippen LogP) is 2.07. The average Bonchev–Trinajstić information content (AvgIpc) is 2.32. The molecule has 0 saturated carbocycles. The number of aryl methyl sites for hydroxylation is 1. The van der Waals surface area contributed by atoms with E-state index in [1.807, 2.05) is 0 Å². The highest BCUT2D eigenvalue weighted by Gasteiger charge is 2.05. The van der Waals surface area contributed by atoms with Gasteiger partial charge < -0.3 is 5.11 Å². The molecule has 1 N–H and O–H groups in total. The maximum absolute atomic E-state index is 11.9. The first-order chi connectivity index (χ1) is 8.08. The van der Waals surface area contributed by atoms with E-state index in [0.717, 1.165) is 5.56 Å². The van der Waals surface area contributed by atoms with Gasteiger partial charge in [-0.15, -0.1) is 0 Å². The van der Waals surface area contributed by atoms with E-state index in [1.165, 1.54) is 6.20 Å². The van der Waals surface area contributed by atoms with Crippen LogP contribution in [0.5, 0.6) is 5.75 Å². The van der Waals surface area contributed by atoms with E-state index in [-0.39, 0.29) is 11.3 Å². The molecule has 1 aromatic carbocycles. The molecule has 4 nitrogen and oxygen atoms in total. The normalized spacial score (nSPS) is 10.5. The van der Waals surface area contributed by atoms with Gasteiger partial charge >= 0.3 is 0 Å².